The number of hydroxylamine groups is 1. The molecule has 0 spiro atoms. The van der Waals surface area contributed by atoms with Gasteiger partial charge in [0.2, 0.25) is 5.91 Å². The zero-order valence-corrected chi connectivity index (χ0v) is 15.3. The Morgan fingerprint density at radius 1 is 0.893 bits per heavy atom. The van der Waals surface area contributed by atoms with Crippen LogP contribution in [0.4, 0.5) is 10.5 Å². The van der Waals surface area contributed by atoms with Gasteiger partial charge in [0, 0.05) is 18.7 Å². The average Bonchev–Trinajstić information content (AvgIpc) is 2.72. The predicted molar refractivity (Wildman–Crippen MR) is 103 cm³/mol. The molecule has 148 valence electrons. The van der Waals surface area contributed by atoms with E-state index in [1.807, 2.05) is 30.3 Å². The molecule has 0 saturated heterocycles. The molecule has 2 rings (SSSR count). The van der Waals surface area contributed by atoms with Crippen molar-refractivity contribution in [2.75, 3.05) is 24.6 Å². The molecule has 0 aliphatic carbocycles. The summed E-state index contributed by atoms with van der Waals surface area (Å²) in [4.78, 5) is 36.8. The number of para-hydroxylation sites is 1. The molecule has 0 aromatic heterocycles. The molecule has 2 aromatic carbocycles. The zero-order chi connectivity index (χ0) is 20.4. The van der Waals surface area contributed by atoms with E-state index in [4.69, 9.17) is 5.21 Å². The molecule has 3 amide bonds. The van der Waals surface area contributed by atoms with Crippen LogP contribution in [0.15, 0.2) is 54.6 Å². The lowest BCUT2D eigenvalue weighted by Crippen LogP contribution is -2.37. The van der Waals surface area contributed by atoms with Gasteiger partial charge in [-0.05, 0) is 23.3 Å². The first-order valence-corrected chi connectivity index (χ1v) is 8.77. The highest BCUT2D eigenvalue weighted by molar-refractivity contribution is 5.94. The first kappa shape index (κ1) is 21.1. The van der Waals surface area contributed by atoms with Crippen LogP contribution in [0.25, 0.3) is 0 Å². The number of anilines is 1. The molecule has 0 heterocycles. The minimum atomic E-state index is -0.840. The number of aliphatic hydroxyl groups is 1. The van der Waals surface area contributed by atoms with E-state index in [0.29, 0.717) is 0 Å². The molecule has 0 radical (unpaired) electrons. The maximum atomic E-state index is 12.6. The number of nitrogens with zero attached hydrogens (tertiary/aromatic N) is 1. The maximum Gasteiger partial charge on any atom is 0.338 e. The topological polar surface area (TPSA) is 119 Å². The number of carbonyl (C=O) groups is 3. The lowest BCUT2D eigenvalue weighted by atomic mass is 10.0. The van der Waals surface area contributed by atoms with Gasteiger partial charge in [0.25, 0.3) is 0 Å². The summed E-state index contributed by atoms with van der Waals surface area (Å²) in [7, 11) is 0. The van der Waals surface area contributed by atoms with Crippen LogP contribution in [-0.2, 0) is 22.4 Å². The number of ketones is 1. The first-order valence-electron chi connectivity index (χ1n) is 8.77. The van der Waals surface area contributed by atoms with Crippen LogP contribution in [0.3, 0.4) is 0 Å². The van der Waals surface area contributed by atoms with E-state index in [9.17, 15) is 19.5 Å². The number of carbonyl (C=O) groups excluding carboxylic acids is 3. The molecule has 2 aromatic rings. The Bertz CT molecular complexity index is 793. The summed E-state index contributed by atoms with van der Waals surface area (Å²) >= 11 is 0. The van der Waals surface area contributed by atoms with Gasteiger partial charge < -0.3 is 15.3 Å². The van der Waals surface area contributed by atoms with Gasteiger partial charge in [-0.15, -0.1) is 0 Å². The molecule has 28 heavy (non-hydrogen) atoms. The number of rotatable bonds is 9. The average molecular weight is 385 g/mol. The van der Waals surface area contributed by atoms with Crippen LogP contribution in [-0.4, -0.2) is 47.7 Å². The smallest absolute Gasteiger partial charge is 0.338 e. The molecule has 8 nitrogen and oxygen atoms in total. The van der Waals surface area contributed by atoms with E-state index >= 15 is 0 Å². The number of Topliss-reactive ketones (excluding diaryl/α,β-unsaturated/α-hetero) is 1. The van der Waals surface area contributed by atoms with E-state index < -0.39 is 6.03 Å². The number of nitrogens with one attached hydrogen (secondary N) is 2. The predicted octanol–water partition coefficient (Wildman–Crippen LogP) is 1.05. The SMILES string of the molecule is O=C(CNC(=O)NO)Cc1ccc(CC(=O)N(CCO)c2ccccc2)cc1. The lowest BCUT2D eigenvalue weighted by Gasteiger charge is -2.22. The number of urea groups is 1. The van der Waals surface area contributed by atoms with Crippen LogP contribution in [0.1, 0.15) is 11.1 Å². The Kier molecular flexibility index (Phi) is 8.13. The molecule has 0 atom stereocenters. The van der Waals surface area contributed by atoms with Gasteiger partial charge in [-0.3, -0.25) is 14.8 Å². The van der Waals surface area contributed by atoms with Crippen molar-refractivity contribution in [3.8, 4) is 0 Å². The summed E-state index contributed by atoms with van der Waals surface area (Å²) in [6.07, 6.45) is 0.294. The van der Waals surface area contributed by atoms with Crippen molar-refractivity contribution in [3.63, 3.8) is 0 Å². The van der Waals surface area contributed by atoms with Gasteiger partial charge >= 0.3 is 6.03 Å². The van der Waals surface area contributed by atoms with Crippen molar-refractivity contribution in [1.82, 2.24) is 10.8 Å². The monoisotopic (exact) mass is 385 g/mol. The maximum absolute atomic E-state index is 12.6. The minimum absolute atomic E-state index is 0.126. The normalized spacial score (nSPS) is 10.2. The second-order valence-electron chi connectivity index (χ2n) is 6.11. The van der Waals surface area contributed by atoms with Gasteiger partial charge in [0.1, 0.15) is 0 Å². The third-order valence-electron chi connectivity index (χ3n) is 4.02. The van der Waals surface area contributed by atoms with Crippen LogP contribution in [0.2, 0.25) is 0 Å². The highest BCUT2D eigenvalue weighted by Gasteiger charge is 2.15. The van der Waals surface area contributed by atoms with Crippen LogP contribution in [0.5, 0.6) is 0 Å². The van der Waals surface area contributed by atoms with Gasteiger partial charge in [-0.2, -0.15) is 0 Å². The van der Waals surface area contributed by atoms with E-state index in [0.717, 1.165) is 16.8 Å². The Hall–Kier alpha value is -3.23. The Morgan fingerprint density at radius 3 is 2.07 bits per heavy atom. The summed E-state index contributed by atoms with van der Waals surface area (Å²) < 4.78 is 0. The van der Waals surface area contributed by atoms with Gasteiger partial charge in [-0.1, -0.05) is 42.5 Å². The number of benzene rings is 2. The largest absolute Gasteiger partial charge is 0.395 e. The number of hydrogen-bond donors (Lipinski definition) is 4. The Morgan fingerprint density at radius 2 is 1.50 bits per heavy atom. The Labute approximate surface area is 162 Å². The van der Waals surface area contributed by atoms with E-state index in [-0.39, 0.29) is 44.2 Å². The highest BCUT2D eigenvalue weighted by atomic mass is 16.5. The molecular weight excluding hydrogens is 362 g/mol. The second kappa shape index (κ2) is 10.8. The van der Waals surface area contributed by atoms with E-state index in [1.165, 1.54) is 10.4 Å². The van der Waals surface area contributed by atoms with Crippen molar-refractivity contribution in [3.05, 3.63) is 65.7 Å². The molecular formula is C20H23N3O5. The number of amides is 3. The van der Waals surface area contributed by atoms with Crippen LogP contribution >= 0.6 is 0 Å². The van der Waals surface area contributed by atoms with Gasteiger partial charge in [0.15, 0.2) is 5.78 Å². The van der Waals surface area contributed by atoms with Crippen molar-refractivity contribution < 1.29 is 24.7 Å². The molecule has 0 bridgehead atoms. The minimum Gasteiger partial charge on any atom is -0.395 e. The van der Waals surface area contributed by atoms with Crippen molar-refractivity contribution >= 4 is 23.4 Å². The second-order valence-corrected chi connectivity index (χ2v) is 6.11. The summed E-state index contributed by atoms with van der Waals surface area (Å²) in [6, 6.07) is 15.4. The fourth-order valence-corrected chi connectivity index (χ4v) is 2.66. The van der Waals surface area contributed by atoms with Crippen molar-refractivity contribution in [2.45, 2.75) is 12.8 Å². The summed E-state index contributed by atoms with van der Waals surface area (Å²) in [5.41, 5.74) is 3.65. The van der Waals surface area contributed by atoms with Gasteiger partial charge in [-0.25, -0.2) is 10.3 Å². The standard InChI is InChI=1S/C20H23N3O5/c24-11-10-23(17-4-2-1-3-5-17)19(26)13-16-8-6-15(7-9-16)12-18(25)14-21-20(27)22-28/h1-9,24,28H,10-14H2,(H2,21,22,27). The van der Waals surface area contributed by atoms with E-state index in [2.05, 4.69) is 5.32 Å². The molecule has 0 aliphatic rings. The summed E-state index contributed by atoms with van der Waals surface area (Å²) in [5, 5.41) is 19.8. The molecule has 4 N–H and O–H groups in total. The van der Waals surface area contributed by atoms with Gasteiger partial charge in [0.05, 0.1) is 19.6 Å². The number of aliphatic hydroxyl groups excluding tert-OH is 1. The van der Waals surface area contributed by atoms with Crippen molar-refractivity contribution in [1.29, 1.82) is 0 Å². The fourth-order valence-electron chi connectivity index (χ4n) is 2.66. The molecule has 0 unspecified atom stereocenters. The molecule has 8 heteroatoms. The van der Waals surface area contributed by atoms with E-state index in [1.54, 1.807) is 24.3 Å². The highest BCUT2D eigenvalue weighted by Crippen LogP contribution is 2.15. The molecule has 0 fully saturated rings. The van der Waals surface area contributed by atoms with Crippen molar-refractivity contribution in [2.24, 2.45) is 0 Å². The Balaban J connectivity index is 1.94. The van der Waals surface area contributed by atoms with Crippen LogP contribution in [0, 0.1) is 0 Å². The fraction of sp³-hybridized carbons (Fsp3) is 0.250. The lowest BCUT2D eigenvalue weighted by molar-refractivity contribution is -0.118. The third-order valence-corrected chi connectivity index (χ3v) is 4.02. The zero-order valence-electron chi connectivity index (χ0n) is 15.3. The molecule has 0 saturated carbocycles. The van der Waals surface area contributed by atoms with Crippen LogP contribution < -0.4 is 15.7 Å². The quantitative estimate of drug-likeness (QED) is 0.380. The summed E-state index contributed by atoms with van der Waals surface area (Å²) in [5.74, 6) is -0.353. The third kappa shape index (κ3) is 6.49. The number of hydrogen-bond acceptors (Lipinski definition) is 5. The molecule has 0 aliphatic heterocycles. The summed E-state index contributed by atoms with van der Waals surface area (Å²) in [6.45, 7) is -0.117. The first-order chi connectivity index (χ1) is 13.5.